The van der Waals surface area contributed by atoms with Crippen molar-refractivity contribution in [2.45, 2.75) is 39.0 Å². The molecule has 0 bridgehead atoms. The lowest BCUT2D eigenvalue weighted by molar-refractivity contribution is -0.130. The SMILES string of the molecule is C=CC(=O)OP(=O)(O)OCCCCCCC. The van der Waals surface area contributed by atoms with Crippen LogP contribution >= 0.6 is 7.82 Å². The minimum absolute atomic E-state index is 0.113. The summed E-state index contributed by atoms with van der Waals surface area (Å²) in [5.74, 6) is -0.961. The van der Waals surface area contributed by atoms with Crippen molar-refractivity contribution in [2.24, 2.45) is 0 Å². The number of carbonyl (C=O) groups excluding carboxylic acids is 1. The van der Waals surface area contributed by atoms with E-state index in [9.17, 15) is 9.36 Å². The van der Waals surface area contributed by atoms with Crippen molar-refractivity contribution in [3.05, 3.63) is 12.7 Å². The summed E-state index contributed by atoms with van der Waals surface area (Å²) in [7, 11) is -4.24. The second-order valence-corrected chi connectivity index (χ2v) is 4.71. The van der Waals surface area contributed by atoms with E-state index in [2.05, 4.69) is 22.6 Å². The van der Waals surface area contributed by atoms with Gasteiger partial charge in [0.15, 0.2) is 0 Å². The average Bonchev–Trinajstić information content (AvgIpc) is 2.22. The Morgan fingerprint density at radius 2 is 2.00 bits per heavy atom. The van der Waals surface area contributed by atoms with Gasteiger partial charge in [0.05, 0.1) is 6.61 Å². The standard InChI is InChI=1S/C10H19O5P/c1-3-5-6-7-8-9-14-16(12,13)15-10(11)4-2/h4H,2-3,5-9H2,1H3,(H,12,13). The van der Waals surface area contributed by atoms with E-state index >= 15 is 0 Å². The Labute approximate surface area is 96.1 Å². The normalized spacial score (nSPS) is 14.1. The highest BCUT2D eigenvalue weighted by molar-refractivity contribution is 7.48. The second-order valence-electron chi connectivity index (χ2n) is 3.33. The van der Waals surface area contributed by atoms with E-state index < -0.39 is 13.8 Å². The topological polar surface area (TPSA) is 72.8 Å². The largest absolute Gasteiger partial charge is 0.529 e. The third kappa shape index (κ3) is 8.65. The first kappa shape index (κ1) is 15.4. The zero-order valence-electron chi connectivity index (χ0n) is 9.55. The number of hydrogen-bond donors (Lipinski definition) is 1. The summed E-state index contributed by atoms with van der Waals surface area (Å²) in [5.41, 5.74) is 0. The number of carbonyl (C=O) groups is 1. The van der Waals surface area contributed by atoms with Crippen molar-refractivity contribution in [1.29, 1.82) is 0 Å². The smallest absolute Gasteiger partial charge is 0.367 e. The van der Waals surface area contributed by atoms with E-state index in [1.54, 1.807) is 0 Å². The first-order valence-electron chi connectivity index (χ1n) is 5.35. The van der Waals surface area contributed by atoms with Gasteiger partial charge in [-0.1, -0.05) is 39.2 Å². The van der Waals surface area contributed by atoms with Crippen molar-refractivity contribution in [3.8, 4) is 0 Å². The quantitative estimate of drug-likeness (QED) is 0.387. The Balaban J connectivity index is 3.62. The number of phosphoric ester groups is 1. The molecule has 5 nitrogen and oxygen atoms in total. The highest BCUT2D eigenvalue weighted by Crippen LogP contribution is 2.43. The molecule has 0 saturated carbocycles. The summed E-state index contributed by atoms with van der Waals surface area (Å²) in [6.07, 6.45) is 5.77. The predicted molar refractivity (Wildman–Crippen MR) is 60.8 cm³/mol. The van der Waals surface area contributed by atoms with Crippen LogP contribution in [0.15, 0.2) is 12.7 Å². The lowest BCUT2D eigenvalue weighted by Gasteiger charge is -2.10. The Morgan fingerprint density at radius 1 is 1.38 bits per heavy atom. The molecule has 94 valence electrons. The highest BCUT2D eigenvalue weighted by atomic mass is 31.2. The third-order valence-electron chi connectivity index (χ3n) is 1.87. The molecule has 0 radical (unpaired) electrons. The van der Waals surface area contributed by atoms with Crippen molar-refractivity contribution >= 4 is 13.8 Å². The zero-order valence-corrected chi connectivity index (χ0v) is 10.4. The lowest BCUT2D eigenvalue weighted by Crippen LogP contribution is -2.02. The number of rotatable bonds is 9. The van der Waals surface area contributed by atoms with Gasteiger partial charge >= 0.3 is 13.8 Å². The van der Waals surface area contributed by atoms with Gasteiger partial charge in [-0.3, -0.25) is 9.42 Å². The van der Waals surface area contributed by atoms with Gasteiger partial charge in [-0.2, -0.15) is 0 Å². The molecule has 0 saturated heterocycles. The summed E-state index contributed by atoms with van der Waals surface area (Å²) in [6, 6.07) is 0. The molecule has 0 aliphatic heterocycles. The van der Waals surface area contributed by atoms with Crippen molar-refractivity contribution in [2.75, 3.05) is 6.61 Å². The molecular formula is C10H19O5P. The monoisotopic (exact) mass is 250 g/mol. The number of phosphoric acid groups is 1. The molecule has 0 rings (SSSR count). The van der Waals surface area contributed by atoms with Gasteiger partial charge in [-0.05, 0) is 6.42 Å². The van der Waals surface area contributed by atoms with Crippen LogP contribution in [0.4, 0.5) is 0 Å². The van der Waals surface area contributed by atoms with Crippen LogP contribution in [0.25, 0.3) is 0 Å². The number of hydrogen-bond acceptors (Lipinski definition) is 4. The average molecular weight is 250 g/mol. The third-order valence-corrected chi connectivity index (χ3v) is 2.79. The molecule has 0 aliphatic carbocycles. The van der Waals surface area contributed by atoms with Gasteiger partial charge in [0, 0.05) is 6.08 Å². The van der Waals surface area contributed by atoms with Gasteiger partial charge in [0.25, 0.3) is 0 Å². The fourth-order valence-electron chi connectivity index (χ4n) is 1.06. The van der Waals surface area contributed by atoms with Crippen LogP contribution in [0.3, 0.4) is 0 Å². The Kier molecular flexibility index (Phi) is 8.16. The van der Waals surface area contributed by atoms with Crippen LogP contribution < -0.4 is 0 Å². The van der Waals surface area contributed by atoms with Gasteiger partial charge in [0.1, 0.15) is 0 Å². The Morgan fingerprint density at radius 3 is 2.56 bits per heavy atom. The van der Waals surface area contributed by atoms with E-state index in [-0.39, 0.29) is 6.61 Å². The minimum Gasteiger partial charge on any atom is -0.367 e. The molecule has 16 heavy (non-hydrogen) atoms. The lowest BCUT2D eigenvalue weighted by atomic mass is 10.2. The maximum absolute atomic E-state index is 11.1. The van der Waals surface area contributed by atoms with Gasteiger partial charge in [0.2, 0.25) is 0 Å². The summed E-state index contributed by atoms with van der Waals surface area (Å²) in [6.45, 7) is 5.33. The molecule has 0 fully saturated rings. The number of unbranched alkanes of at least 4 members (excludes halogenated alkanes) is 4. The summed E-state index contributed by atoms with van der Waals surface area (Å²) in [4.78, 5) is 19.7. The molecule has 0 aromatic carbocycles. The molecular weight excluding hydrogens is 231 g/mol. The first-order chi connectivity index (χ1) is 7.52. The highest BCUT2D eigenvalue weighted by Gasteiger charge is 2.24. The minimum atomic E-state index is -4.24. The van der Waals surface area contributed by atoms with Crippen LogP contribution in [0.1, 0.15) is 39.0 Å². The van der Waals surface area contributed by atoms with E-state index in [1.807, 2.05) is 0 Å². The van der Waals surface area contributed by atoms with Crippen LogP contribution in [0.2, 0.25) is 0 Å². The zero-order chi connectivity index (χ0) is 12.4. The summed E-state index contributed by atoms with van der Waals surface area (Å²) < 4.78 is 19.9. The molecule has 0 aliphatic rings. The fourth-order valence-corrected chi connectivity index (χ4v) is 1.78. The Hall–Kier alpha value is -0.640. The molecule has 0 heterocycles. The maximum atomic E-state index is 11.1. The van der Waals surface area contributed by atoms with Gasteiger partial charge in [-0.15, -0.1) is 0 Å². The van der Waals surface area contributed by atoms with Crippen molar-refractivity contribution < 1.29 is 23.3 Å². The molecule has 0 aromatic rings. The van der Waals surface area contributed by atoms with E-state index in [0.29, 0.717) is 6.42 Å². The predicted octanol–water partition coefficient (Wildman–Crippen LogP) is 2.80. The van der Waals surface area contributed by atoms with Gasteiger partial charge in [-0.25, -0.2) is 9.36 Å². The maximum Gasteiger partial charge on any atom is 0.529 e. The van der Waals surface area contributed by atoms with Crippen LogP contribution in [0, 0.1) is 0 Å². The fraction of sp³-hybridized carbons (Fsp3) is 0.700. The molecule has 0 amide bonds. The molecule has 0 spiro atoms. The first-order valence-corrected chi connectivity index (χ1v) is 6.84. The van der Waals surface area contributed by atoms with Crippen molar-refractivity contribution in [3.63, 3.8) is 0 Å². The van der Waals surface area contributed by atoms with Crippen LogP contribution in [-0.2, 0) is 18.4 Å². The van der Waals surface area contributed by atoms with Crippen molar-refractivity contribution in [1.82, 2.24) is 0 Å². The van der Waals surface area contributed by atoms with E-state index in [0.717, 1.165) is 31.8 Å². The molecule has 1 unspecified atom stereocenters. The van der Waals surface area contributed by atoms with Crippen LogP contribution in [0.5, 0.6) is 0 Å². The summed E-state index contributed by atoms with van der Waals surface area (Å²) in [5, 5.41) is 0. The van der Waals surface area contributed by atoms with E-state index in [1.165, 1.54) is 0 Å². The summed E-state index contributed by atoms with van der Waals surface area (Å²) >= 11 is 0. The molecule has 1 N–H and O–H groups in total. The van der Waals surface area contributed by atoms with E-state index in [4.69, 9.17) is 4.89 Å². The molecule has 1 atom stereocenters. The molecule has 0 aromatic heterocycles. The van der Waals surface area contributed by atoms with Gasteiger partial charge < -0.3 is 4.52 Å². The van der Waals surface area contributed by atoms with Crippen LogP contribution in [-0.4, -0.2) is 17.5 Å². The Bertz CT molecular complexity index is 264. The molecule has 6 heteroatoms. The second kappa shape index (κ2) is 8.50.